The number of hydrogen-bond acceptors (Lipinski definition) is 3. The zero-order valence-electron chi connectivity index (χ0n) is 15.1. The minimum Gasteiger partial charge on any atom is -0.349 e. The average molecular weight is 385 g/mol. The summed E-state index contributed by atoms with van der Waals surface area (Å²) in [6.07, 6.45) is 4.07. The van der Waals surface area contributed by atoms with Crippen LogP contribution in [0.1, 0.15) is 42.5 Å². The van der Waals surface area contributed by atoms with E-state index in [9.17, 15) is 13.2 Å². The summed E-state index contributed by atoms with van der Waals surface area (Å²) in [5.74, 6) is -0.0851. The zero-order valence-corrected chi connectivity index (χ0v) is 15.9. The quantitative estimate of drug-likeness (QED) is 0.880. The molecular weight excluding hydrogens is 360 g/mol. The maximum Gasteiger partial charge on any atom is 0.251 e. The Kier molecular flexibility index (Phi) is 5.02. The van der Waals surface area contributed by atoms with Crippen molar-refractivity contribution in [2.45, 2.75) is 55.1 Å². The predicted molar refractivity (Wildman–Crippen MR) is 104 cm³/mol. The first-order valence-electron chi connectivity index (χ1n) is 9.50. The Morgan fingerprint density at radius 1 is 0.889 bits per heavy atom. The highest BCUT2D eigenvalue weighted by atomic mass is 32.2. The standard InChI is InChI=1S/C21H24N2O3S/c24-21(16-8-3-1-4-9-16)22-17-14-18-10-7-11-19(15-17)23(18)27(25,26)20-12-5-2-6-13-20/h1-6,8-9,12-13,17-19H,7,10-11,14-15H2,(H,22,24)/t18-,19-/m0/s1. The third-order valence-corrected chi connectivity index (χ3v) is 7.62. The zero-order chi connectivity index (χ0) is 18.9. The number of carbonyl (C=O) groups is 1. The number of rotatable bonds is 4. The highest BCUT2D eigenvalue weighted by Crippen LogP contribution is 2.38. The van der Waals surface area contributed by atoms with Crippen molar-refractivity contribution in [3.8, 4) is 0 Å². The van der Waals surface area contributed by atoms with Crippen molar-refractivity contribution < 1.29 is 13.2 Å². The van der Waals surface area contributed by atoms with E-state index in [2.05, 4.69) is 5.32 Å². The Bertz CT molecular complexity index is 886. The van der Waals surface area contributed by atoms with E-state index in [1.807, 2.05) is 24.3 Å². The van der Waals surface area contributed by atoms with Crippen LogP contribution >= 0.6 is 0 Å². The topological polar surface area (TPSA) is 66.5 Å². The van der Waals surface area contributed by atoms with Crippen molar-refractivity contribution in [2.75, 3.05) is 0 Å². The maximum atomic E-state index is 13.2. The number of nitrogens with zero attached hydrogens (tertiary/aromatic N) is 1. The number of benzene rings is 2. The molecule has 142 valence electrons. The van der Waals surface area contributed by atoms with E-state index in [0.717, 1.165) is 19.3 Å². The molecule has 2 heterocycles. The summed E-state index contributed by atoms with van der Waals surface area (Å²) in [4.78, 5) is 12.8. The van der Waals surface area contributed by atoms with E-state index in [-0.39, 0.29) is 24.0 Å². The molecule has 2 saturated heterocycles. The second-order valence-electron chi connectivity index (χ2n) is 7.39. The molecule has 0 unspecified atom stereocenters. The molecule has 2 atom stereocenters. The number of sulfonamides is 1. The first-order chi connectivity index (χ1) is 13.1. The number of amides is 1. The Morgan fingerprint density at radius 2 is 1.44 bits per heavy atom. The summed E-state index contributed by atoms with van der Waals surface area (Å²) in [7, 11) is -3.50. The molecule has 2 aliphatic rings. The Hall–Kier alpha value is -2.18. The molecule has 0 saturated carbocycles. The SMILES string of the molecule is O=C(NC1C[C@@H]2CCC[C@@H](C1)N2S(=O)(=O)c1ccccc1)c1ccccc1. The lowest BCUT2D eigenvalue weighted by Gasteiger charge is -2.47. The van der Waals surface area contributed by atoms with E-state index in [1.54, 1.807) is 40.7 Å². The lowest BCUT2D eigenvalue weighted by molar-refractivity contribution is 0.0796. The number of piperidine rings is 2. The van der Waals surface area contributed by atoms with Crippen LogP contribution in [0.15, 0.2) is 65.6 Å². The van der Waals surface area contributed by atoms with Crippen molar-refractivity contribution in [3.63, 3.8) is 0 Å². The van der Waals surface area contributed by atoms with Gasteiger partial charge in [-0.05, 0) is 49.9 Å². The first-order valence-corrected chi connectivity index (χ1v) is 10.9. The summed E-state index contributed by atoms with van der Waals surface area (Å²) in [5.41, 5.74) is 0.641. The van der Waals surface area contributed by atoms with Crippen molar-refractivity contribution in [1.82, 2.24) is 9.62 Å². The fraction of sp³-hybridized carbons (Fsp3) is 0.381. The molecule has 6 heteroatoms. The van der Waals surface area contributed by atoms with E-state index < -0.39 is 10.0 Å². The highest BCUT2D eigenvalue weighted by Gasteiger charge is 2.45. The lowest BCUT2D eigenvalue weighted by atomic mass is 9.84. The summed E-state index contributed by atoms with van der Waals surface area (Å²) in [6.45, 7) is 0. The number of carbonyl (C=O) groups excluding carboxylic acids is 1. The van der Waals surface area contributed by atoms with E-state index in [1.165, 1.54) is 0 Å². The summed E-state index contributed by atoms with van der Waals surface area (Å²) >= 11 is 0. The molecule has 2 aliphatic heterocycles. The largest absolute Gasteiger partial charge is 0.349 e. The fourth-order valence-corrected chi connectivity index (χ4v) is 6.33. The van der Waals surface area contributed by atoms with Gasteiger partial charge in [-0.15, -0.1) is 0 Å². The minimum atomic E-state index is -3.50. The van der Waals surface area contributed by atoms with Gasteiger partial charge in [0.2, 0.25) is 10.0 Å². The molecule has 0 aliphatic carbocycles. The molecule has 4 rings (SSSR count). The van der Waals surface area contributed by atoms with Gasteiger partial charge in [-0.3, -0.25) is 4.79 Å². The van der Waals surface area contributed by atoms with Crippen molar-refractivity contribution in [1.29, 1.82) is 0 Å². The van der Waals surface area contributed by atoms with Crippen LogP contribution in [0.4, 0.5) is 0 Å². The van der Waals surface area contributed by atoms with Crippen LogP contribution in [0.3, 0.4) is 0 Å². The summed E-state index contributed by atoms with van der Waals surface area (Å²) < 4.78 is 28.1. The first kappa shape index (κ1) is 18.2. The molecule has 0 radical (unpaired) electrons. The van der Waals surface area contributed by atoms with Gasteiger partial charge in [0.25, 0.3) is 5.91 Å². The van der Waals surface area contributed by atoms with Gasteiger partial charge in [-0.25, -0.2) is 8.42 Å². The van der Waals surface area contributed by atoms with Crippen molar-refractivity contribution >= 4 is 15.9 Å². The van der Waals surface area contributed by atoms with Gasteiger partial charge in [0, 0.05) is 23.7 Å². The fourth-order valence-electron chi connectivity index (χ4n) is 4.42. The summed E-state index contributed by atoms with van der Waals surface area (Å²) in [6, 6.07) is 17.7. The van der Waals surface area contributed by atoms with Crippen molar-refractivity contribution in [2.24, 2.45) is 0 Å². The number of hydrogen-bond donors (Lipinski definition) is 1. The van der Waals surface area contributed by atoms with Crippen LogP contribution < -0.4 is 5.32 Å². The second kappa shape index (κ2) is 7.44. The number of nitrogens with one attached hydrogen (secondary N) is 1. The Balaban J connectivity index is 1.52. The minimum absolute atomic E-state index is 0.00947. The van der Waals surface area contributed by atoms with Gasteiger partial charge in [-0.1, -0.05) is 42.8 Å². The van der Waals surface area contributed by atoms with Crippen LogP contribution in [0, 0.1) is 0 Å². The molecule has 2 fully saturated rings. The van der Waals surface area contributed by atoms with Gasteiger partial charge >= 0.3 is 0 Å². The van der Waals surface area contributed by atoms with Crippen LogP contribution in [0.2, 0.25) is 0 Å². The molecule has 27 heavy (non-hydrogen) atoms. The van der Waals surface area contributed by atoms with Crippen LogP contribution in [-0.2, 0) is 10.0 Å². The highest BCUT2D eigenvalue weighted by molar-refractivity contribution is 7.89. The third-order valence-electron chi connectivity index (χ3n) is 5.60. The van der Waals surface area contributed by atoms with E-state index in [0.29, 0.717) is 23.3 Å². The van der Waals surface area contributed by atoms with Crippen LogP contribution in [0.5, 0.6) is 0 Å². The molecule has 2 bridgehead atoms. The molecule has 2 aromatic rings. The van der Waals surface area contributed by atoms with Crippen LogP contribution in [-0.4, -0.2) is 36.8 Å². The Labute approximate surface area is 160 Å². The maximum absolute atomic E-state index is 13.2. The molecule has 2 aromatic carbocycles. The molecule has 0 aromatic heterocycles. The molecule has 5 nitrogen and oxygen atoms in total. The second-order valence-corrected chi connectivity index (χ2v) is 9.24. The summed E-state index contributed by atoms with van der Waals surface area (Å²) in [5, 5.41) is 3.12. The molecule has 1 N–H and O–H groups in total. The molecule has 0 spiro atoms. The van der Waals surface area contributed by atoms with Crippen LogP contribution in [0.25, 0.3) is 0 Å². The number of fused-ring (bicyclic) bond motifs is 2. The van der Waals surface area contributed by atoms with Gasteiger partial charge in [0.1, 0.15) is 0 Å². The molecular formula is C21H24N2O3S. The molecule has 1 amide bonds. The van der Waals surface area contributed by atoms with E-state index >= 15 is 0 Å². The van der Waals surface area contributed by atoms with Gasteiger partial charge < -0.3 is 5.32 Å². The lowest BCUT2D eigenvalue weighted by Crippen LogP contribution is -2.58. The van der Waals surface area contributed by atoms with Crippen molar-refractivity contribution in [3.05, 3.63) is 66.2 Å². The average Bonchev–Trinajstić information content (AvgIpc) is 2.68. The monoisotopic (exact) mass is 384 g/mol. The van der Waals surface area contributed by atoms with Gasteiger partial charge in [0.05, 0.1) is 4.90 Å². The predicted octanol–water partition coefficient (Wildman–Crippen LogP) is 3.19. The van der Waals surface area contributed by atoms with Gasteiger partial charge in [-0.2, -0.15) is 4.31 Å². The normalized spacial score (nSPS) is 25.7. The third kappa shape index (κ3) is 3.64. The van der Waals surface area contributed by atoms with Gasteiger partial charge in [0.15, 0.2) is 0 Å². The Morgan fingerprint density at radius 3 is 2.04 bits per heavy atom. The smallest absolute Gasteiger partial charge is 0.251 e. The van der Waals surface area contributed by atoms with E-state index in [4.69, 9.17) is 0 Å².